The van der Waals surface area contributed by atoms with E-state index in [4.69, 9.17) is 9.47 Å². The van der Waals surface area contributed by atoms with E-state index in [0.29, 0.717) is 19.4 Å². The smallest absolute Gasteiger partial charge is 0.345 e. The van der Waals surface area contributed by atoms with Gasteiger partial charge in [-0.2, -0.15) is 8.78 Å². The SMILES string of the molecule is COc1cc(C)c2[nH]ccc2c1CN1CCC2(CC(OC(F)F)C2)C[C@@H]1c1ccc(C(=O)O)cc1. The number of rotatable bonds is 7. The van der Waals surface area contributed by atoms with E-state index in [2.05, 4.69) is 28.9 Å². The monoisotopic (exact) mass is 484 g/mol. The third kappa shape index (κ3) is 4.52. The van der Waals surface area contributed by atoms with Crippen molar-refractivity contribution in [2.45, 2.75) is 57.9 Å². The molecule has 2 aromatic carbocycles. The van der Waals surface area contributed by atoms with Crippen molar-refractivity contribution in [2.75, 3.05) is 13.7 Å². The van der Waals surface area contributed by atoms with Gasteiger partial charge in [-0.05, 0) is 80.0 Å². The quantitative estimate of drug-likeness (QED) is 0.436. The maximum Gasteiger partial charge on any atom is 0.345 e. The highest BCUT2D eigenvalue weighted by molar-refractivity contribution is 5.88. The average molecular weight is 485 g/mol. The number of hydrogen-bond acceptors (Lipinski definition) is 4. The molecule has 0 amide bonds. The zero-order valence-electron chi connectivity index (χ0n) is 19.9. The minimum Gasteiger partial charge on any atom is -0.496 e. The summed E-state index contributed by atoms with van der Waals surface area (Å²) in [6.45, 7) is 0.776. The van der Waals surface area contributed by atoms with Crippen LogP contribution in [0.3, 0.4) is 0 Å². The lowest BCUT2D eigenvalue weighted by Gasteiger charge is -2.54. The van der Waals surface area contributed by atoms with Crippen molar-refractivity contribution >= 4 is 16.9 Å². The van der Waals surface area contributed by atoms with Gasteiger partial charge in [-0.15, -0.1) is 0 Å². The Labute approximate surface area is 202 Å². The Morgan fingerprint density at radius 3 is 2.63 bits per heavy atom. The first-order valence-corrected chi connectivity index (χ1v) is 11.9. The molecule has 0 bridgehead atoms. The van der Waals surface area contributed by atoms with Gasteiger partial charge in [0.05, 0.1) is 18.8 Å². The fourth-order valence-electron chi connectivity index (χ4n) is 6.05. The molecule has 1 aliphatic heterocycles. The Bertz CT molecular complexity index is 1220. The van der Waals surface area contributed by atoms with Gasteiger partial charge >= 0.3 is 12.6 Å². The highest BCUT2D eigenvalue weighted by atomic mass is 19.3. The van der Waals surface area contributed by atoms with E-state index < -0.39 is 18.7 Å². The molecule has 5 rings (SSSR count). The van der Waals surface area contributed by atoms with Gasteiger partial charge in [-0.1, -0.05) is 12.1 Å². The molecule has 1 saturated carbocycles. The molecule has 1 saturated heterocycles. The molecule has 1 spiro atoms. The molecule has 1 aliphatic carbocycles. The van der Waals surface area contributed by atoms with E-state index in [1.165, 1.54) is 0 Å². The molecule has 35 heavy (non-hydrogen) atoms. The van der Waals surface area contributed by atoms with Crippen molar-refractivity contribution in [3.8, 4) is 5.75 Å². The van der Waals surface area contributed by atoms with Crippen LogP contribution >= 0.6 is 0 Å². The standard InChI is InChI=1S/C27H30F2N2O4/c1-16-11-23(34-2)21(20-7-9-30-24(16)20)15-31-10-8-27(12-19(13-27)35-26(28)29)14-22(31)17-3-5-18(6-4-17)25(32)33/h3-7,9,11,19,22,26,30H,8,10,12-15H2,1-2H3,(H,32,33)/t19?,22-,27?/m1/s1. The second kappa shape index (κ2) is 9.24. The molecule has 0 unspecified atom stereocenters. The fraction of sp³-hybridized carbons (Fsp3) is 0.444. The second-order valence-electron chi connectivity index (χ2n) is 9.94. The summed E-state index contributed by atoms with van der Waals surface area (Å²) in [4.78, 5) is 17.1. The lowest BCUT2D eigenvalue weighted by molar-refractivity contribution is -0.217. The number of benzene rings is 2. The number of nitrogens with one attached hydrogen (secondary N) is 1. The maximum atomic E-state index is 12.7. The van der Waals surface area contributed by atoms with Crippen LogP contribution in [0.1, 0.15) is 58.8 Å². The van der Waals surface area contributed by atoms with Crippen molar-refractivity contribution in [3.63, 3.8) is 0 Å². The van der Waals surface area contributed by atoms with E-state index in [0.717, 1.165) is 52.7 Å². The van der Waals surface area contributed by atoms with Crippen LogP contribution in [0.15, 0.2) is 42.6 Å². The highest BCUT2D eigenvalue weighted by Gasteiger charge is 2.50. The average Bonchev–Trinajstić information content (AvgIpc) is 3.31. The molecule has 6 nitrogen and oxygen atoms in total. The Hall–Kier alpha value is -2.97. The number of ether oxygens (including phenoxy) is 2. The van der Waals surface area contributed by atoms with Crippen molar-refractivity contribution in [2.24, 2.45) is 5.41 Å². The van der Waals surface area contributed by atoms with Crippen LogP contribution in [-0.4, -0.2) is 47.3 Å². The molecule has 1 atom stereocenters. The number of carbonyl (C=O) groups is 1. The summed E-state index contributed by atoms with van der Waals surface area (Å²) in [5, 5.41) is 10.4. The number of aromatic nitrogens is 1. The maximum absolute atomic E-state index is 12.7. The summed E-state index contributed by atoms with van der Waals surface area (Å²) < 4.78 is 36.0. The second-order valence-corrected chi connectivity index (χ2v) is 9.94. The van der Waals surface area contributed by atoms with Crippen molar-refractivity contribution in [3.05, 3.63) is 64.8 Å². The summed E-state index contributed by atoms with van der Waals surface area (Å²) in [6.07, 6.45) is 4.52. The molecular formula is C27H30F2N2O4. The number of carboxylic acid groups (broad SMARTS) is 1. The molecule has 2 heterocycles. The molecule has 2 fully saturated rings. The number of nitrogens with zero attached hydrogens (tertiary/aromatic N) is 1. The van der Waals surface area contributed by atoms with Crippen LogP contribution in [0.25, 0.3) is 10.9 Å². The van der Waals surface area contributed by atoms with Gasteiger partial charge in [0, 0.05) is 35.2 Å². The normalized spacial score (nSPS) is 24.7. The summed E-state index contributed by atoms with van der Waals surface area (Å²) in [5.41, 5.74) is 4.54. The van der Waals surface area contributed by atoms with Gasteiger partial charge in [0.1, 0.15) is 5.75 Å². The molecule has 3 aromatic rings. The number of methoxy groups -OCH3 is 1. The van der Waals surface area contributed by atoms with Gasteiger partial charge in [-0.25, -0.2) is 4.79 Å². The topological polar surface area (TPSA) is 74.8 Å². The van der Waals surface area contributed by atoms with Crippen molar-refractivity contribution in [1.82, 2.24) is 9.88 Å². The molecule has 8 heteroatoms. The van der Waals surface area contributed by atoms with Crippen LogP contribution in [0.5, 0.6) is 5.75 Å². The Morgan fingerprint density at radius 2 is 1.97 bits per heavy atom. The summed E-state index contributed by atoms with van der Waals surface area (Å²) in [6, 6.07) is 11.2. The van der Waals surface area contributed by atoms with Gasteiger partial charge < -0.3 is 19.6 Å². The predicted molar refractivity (Wildman–Crippen MR) is 128 cm³/mol. The minimum atomic E-state index is -2.74. The van der Waals surface area contributed by atoms with Crippen molar-refractivity contribution in [1.29, 1.82) is 0 Å². The molecule has 0 radical (unpaired) electrons. The Balaban J connectivity index is 1.46. The lowest BCUT2D eigenvalue weighted by Crippen LogP contribution is -2.51. The number of H-pyrrole nitrogens is 1. The molecule has 2 aliphatic rings. The van der Waals surface area contributed by atoms with E-state index >= 15 is 0 Å². The summed E-state index contributed by atoms with van der Waals surface area (Å²) in [5.74, 6) is -0.123. The van der Waals surface area contributed by atoms with Crippen molar-refractivity contribution < 1.29 is 28.2 Å². The zero-order valence-corrected chi connectivity index (χ0v) is 19.9. The number of carboxylic acids is 1. The molecular weight excluding hydrogens is 454 g/mol. The first-order valence-electron chi connectivity index (χ1n) is 11.9. The Morgan fingerprint density at radius 1 is 1.23 bits per heavy atom. The van der Waals surface area contributed by atoms with Gasteiger partial charge in [0.25, 0.3) is 0 Å². The molecule has 1 aromatic heterocycles. The number of piperidine rings is 1. The third-order valence-corrected chi connectivity index (χ3v) is 7.85. The lowest BCUT2D eigenvalue weighted by atomic mass is 9.59. The van der Waals surface area contributed by atoms with Gasteiger partial charge in [0.15, 0.2) is 0 Å². The van der Waals surface area contributed by atoms with Crippen LogP contribution in [0, 0.1) is 12.3 Å². The molecule has 186 valence electrons. The van der Waals surface area contributed by atoms with E-state index in [-0.39, 0.29) is 17.0 Å². The first-order chi connectivity index (χ1) is 16.8. The van der Waals surface area contributed by atoms with E-state index in [1.807, 2.05) is 18.3 Å². The number of aryl methyl sites for hydroxylation is 1. The highest BCUT2D eigenvalue weighted by Crippen LogP contribution is 2.55. The van der Waals surface area contributed by atoms with E-state index in [9.17, 15) is 18.7 Å². The number of likely N-dealkylation sites (tertiary alicyclic amines) is 1. The van der Waals surface area contributed by atoms with Gasteiger partial charge in [-0.3, -0.25) is 4.90 Å². The summed E-state index contributed by atoms with van der Waals surface area (Å²) >= 11 is 0. The zero-order chi connectivity index (χ0) is 24.7. The third-order valence-electron chi connectivity index (χ3n) is 7.85. The summed E-state index contributed by atoms with van der Waals surface area (Å²) in [7, 11) is 1.68. The Kier molecular flexibility index (Phi) is 6.27. The first kappa shape index (κ1) is 23.8. The largest absolute Gasteiger partial charge is 0.496 e. The predicted octanol–water partition coefficient (Wildman–Crippen LogP) is 5.91. The number of hydrogen-bond donors (Lipinski definition) is 2. The van der Waals surface area contributed by atoms with Crippen LogP contribution in [-0.2, 0) is 11.3 Å². The number of alkyl halides is 2. The van der Waals surface area contributed by atoms with Gasteiger partial charge in [0.2, 0.25) is 0 Å². The van der Waals surface area contributed by atoms with E-state index in [1.54, 1.807) is 19.2 Å². The number of halogens is 2. The number of fused-ring (bicyclic) bond motifs is 1. The number of aromatic carboxylic acids is 1. The van der Waals surface area contributed by atoms with Crippen LogP contribution in [0.4, 0.5) is 8.78 Å². The van der Waals surface area contributed by atoms with Crippen LogP contribution < -0.4 is 4.74 Å². The molecule has 2 N–H and O–H groups in total. The minimum absolute atomic E-state index is 0.0269. The fourth-order valence-corrected chi connectivity index (χ4v) is 6.05. The number of aromatic amines is 1. The van der Waals surface area contributed by atoms with Crippen LogP contribution in [0.2, 0.25) is 0 Å².